The second-order valence-corrected chi connectivity index (χ2v) is 5.60. The Morgan fingerprint density at radius 3 is 2.25 bits per heavy atom. The van der Waals surface area contributed by atoms with Crippen LogP contribution in [-0.4, -0.2) is 12.4 Å². The van der Waals surface area contributed by atoms with E-state index in [1.54, 1.807) is 30.3 Å². The quantitative estimate of drug-likeness (QED) is 0.675. The van der Waals surface area contributed by atoms with Crippen molar-refractivity contribution in [3.8, 4) is 5.75 Å². The van der Waals surface area contributed by atoms with Crippen LogP contribution in [0.25, 0.3) is 0 Å². The van der Waals surface area contributed by atoms with Crippen LogP contribution in [0.1, 0.15) is 10.4 Å². The van der Waals surface area contributed by atoms with E-state index in [0.29, 0.717) is 26.4 Å². The number of rotatable bonds is 4. The predicted molar refractivity (Wildman–Crippen MR) is 82.7 cm³/mol. The molecule has 104 valence electrons. The maximum absolute atomic E-state index is 12.0. The molecular weight excluding hydrogens is 342 g/mol. The molecule has 0 aliphatic rings. The molecule has 0 atom stereocenters. The molecule has 0 spiro atoms. The Morgan fingerprint density at radius 1 is 0.900 bits per heavy atom. The van der Waals surface area contributed by atoms with Crippen LogP contribution >= 0.6 is 46.4 Å². The van der Waals surface area contributed by atoms with E-state index >= 15 is 0 Å². The molecule has 0 saturated carbocycles. The minimum Gasteiger partial charge on any atom is -0.484 e. The zero-order valence-corrected chi connectivity index (χ0v) is 13.0. The molecule has 0 amide bonds. The van der Waals surface area contributed by atoms with Gasteiger partial charge in [-0.15, -0.1) is 0 Å². The minimum absolute atomic E-state index is 0.193. The van der Waals surface area contributed by atoms with Crippen LogP contribution in [-0.2, 0) is 0 Å². The van der Waals surface area contributed by atoms with Crippen molar-refractivity contribution in [1.82, 2.24) is 0 Å². The Labute approximate surface area is 136 Å². The van der Waals surface area contributed by atoms with Crippen molar-refractivity contribution in [3.05, 3.63) is 62.1 Å². The number of halogens is 4. The van der Waals surface area contributed by atoms with Crippen LogP contribution in [0.15, 0.2) is 36.4 Å². The molecule has 6 heteroatoms. The highest BCUT2D eigenvalue weighted by Crippen LogP contribution is 2.28. The average Bonchev–Trinajstić information content (AvgIpc) is 2.39. The van der Waals surface area contributed by atoms with Crippen molar-refractivity contribution in [2.75, 3.05) is 6.61 Å². The van der Waals surface area contributed by atoms with Gasteiger partial charge in [-0.1, -0.05) is 46.4 Å². The number of hydrogen-bond donors (Lipinski definition) is 0. The van der Waals surface area contributed by atoms with Crippen molar-refractivity contribution in [3.63, 3.8) is 0 Å². The third kappa shape index (κ3) is 3.80. The first kappa shape index (κ1) is 15.5. The number of Topliss-reactive ketones (excluding diaryl/α,β-unsaturated/α-hetero) is 1. The number of carbonyl (C=O) groups excluding carboxylic acids is 1. The zero-order valence-electron chi connectivity index (χ0n) is 10.00. The topological polar surface area (TPSA) is 26.3 Å². The van der Waals surface area contributed by atoms with Crippen LogP contribution in [0.3, 0.4) is 0 Å². The lowest BCUT2D eigenvalue weighted by Crippen LogP contribution is -2.12. The molecule has 0 fully saturated rings. The maximum atomic E-state index is 12.0. The van der Waals surface area contributed by atoms with E-state index in [2.05, 4.69) is 0 Å². The van der Waals surface area contributed by atoms with E-state index in [1.807, 2.05) is 0 Å². The summed E-state index contributed by atoms with van der Waals surface area (Å²) in [6.07, 6.45) is 0. The predicted octanol–water partition coefficient (Wildman–Crippen LogP) is 5.56. The number of hydrogen-bond acceptors (Lipinski definition) is 2. The number of carbonyl (C=O) groups is 1. The molecule has 2 rings (SSSR count). The van der Waals surface area contributed by atoms with Crippen molar-refractivity contribution in [2.24, 2.45) is 0 Å². The van der Waals surface area contributed by atoms with Gasteiger partial charge in [-0.3, -0.25) is 4.79 Å². The summed E-state index contributed by atoms with van der Waals surface area (Å²) in [6, 6.07) is 9.42. The monoisotopic (exact) mass is 348 g/mol. The lowest BCUT2D eigenvalue weighted by Gasteiger charge is -2.08. The third-order valence-electron chi connectivity index (χ3n) is 2.48. The van der Waals surface area contributed by atoms with Gasteiger partial charge in [-0.25, -0.2) is 0 Å². The summed E-state index contributed by atoms with van der Waals surface area (Å²) in [5, 5.41) is 1.60. The fraction of sp³-hybridized carbons (Fsp3) is 0.0714. The maximum Gasteiger partial charge on any atom is 0.201 e. The van der Waals surface area contributed by atoms with Gasteiger partial charge in [-0.05, 0) is 30.3 Å². The Bertz CT molecular complexity index is 656. The van der Waals surface area contributed by atoms with E-state index < -0.39 is 0 Å². The molecule has 0 aliphatic carbocycles. The van der Waals surface area contributed by atoms with Gasteiger partial charge in [0.15, 0.2) is 6.61 Å². The molecular formula is C14H8Cl4O2. The van der Waals surface area contributed by atoms with E-state index in [1.165, 1.54) is 6.07 Å². The molecule has 0 unspecified atom stereocenters. The number of ether oxygens (including phenoxy) is 1. The molecule has 0 aromatic heterocycles. The lowest BCUT2D eigenvalue weighted by molar-refractivity contribution is 0.0922. The van der Waals surface area contributed by atoms with E-state index in [4.69, 9.17) is 51.1 Å². The molecule has 0 heterocycles. The first-order valence-corrected chi connectivity index (χ1v) is 7.04. The summed E-state index contributed by atoms with van der Waals surface area (Å²) >= 11 is 23.5. The summed E-state index contributed by atoms with van der Waals surface area (Å²) in [7, 11) is 0. The van der Waals surface area contributed by atoms with Gasteiger partial charge < -0.3 is 4.74 Å². The SMILES string of the molecule is O=C(COc1cc(Cl)ccc1Cl)c1ccc(Cl)cc1Cl. The summed E-state index contributed by atoms with van der Waals surface area (Å²) in [5.74, 6) is 0.0697. The van der Waals surface area contributed by atoms with Crippen LogP contribution in [0.4, 0.5) is 0 Å². The summed E-state index contributed by atoms with van der Waals surface area (Å²) in [5.41, 5.74) is 0.342. The van der Waals surface area contributed by atoms with Gasteiger partial charge in [0, 0.05) is 21.7 Å². The smallest absolute Gasteiger partial charge is 0.201 e. The highest BCUT2D eigenvalue weighted by Gasteiger charge is 2.12. The first-order valence-electron chi connectivity index (χ1n) is 5.53. The van der Waals surface area contributed by atoms with Crippen LogP contribution in [0.2, 0.25) is 20.1 Å². The third-order valence-corrected chi connectivity index (χ3v) is 3.58. The van der Waals surface area contributed by atoms with Crippen molar-refractivity contribution < 1.29 is 9.53 Å². The Morgan fingerprint density at radius 2 is 1.55 bits per heavy atom. The molecule has 2 aromatic rings. The highest BCUT2D eigenvalue weighted by molar-refractivity contribution is 6.37. The summed E-state index contributed by atoms with van der Waals surface area (Å²) in [4.78, 5) is 12.0. The summed E-state index contributed by atoms with van der Waals surface area (Å²) < 4.78 is 5.36. The lowest BCUT2D eigenvalue weighted by atomic mass is 10.1. The van der Waals surface area contributed by atoms with Crippen molar-refractivity contribution in [1.29, 1.82) is 0 Å². The highest BCUT2D eigenvalue weighted by atomic mass is 35.5. The fourth-order valence-corrected chi connectivity index (χ4v) is 2.37. The van der Waals surface area contributed by atoms with E-state index in [-0.39, 0.29) is 17.4 Å². The standard InChI is InChI=1S/C14H8Cl4O2/c15-8-1-3-10(12(18)5-8)13(19)7-20-14-6-9(16)2-4-11(14)17/h1-6H,7H2. The van der Waals surface area contributed by atoms with Gasteiger partial charge in [0.05, 0.1) is 10.0 Å². The first-order chi connectivity index (χ1) is 9.47. The van der Waals surface area contributed by atoms with Gasteiger partial charge in [0.2, 0.25) is 5.78 Å². The van der Waals surface area contributed by atoms with Gasteiger partial charge in [0.1, 0.15) is 5.75 Å². The number of benzene rings is 2. The van der Waals surface area contributed by atoms with Crippen molar-refractivity contribution >= 4 is 52.2 Å². The number of ketones is 1. The average molecular weight is 350 g/mol. The molecule has 2 aromatic carbocycles. The van der Waals surface area contributed by atoms with Gasteiger partial charge in [-0.2, -0.15) is 0 Å². The molecule has 0 saturated heterocycles. The van der Waals surface area contributed by atoms with Crippen LogP contribution < -0.4 is 4.74 Å². The Balaban J connectivity index is 2.10. The second kappa shape index (κ2) is 6.68. The molecule has 0 N–H and O–H groups in total. The minimum atomic E-state index is -0.275. The van der Waals surface area contributed by atoms with E-state index in [9.17, 15) is 4.79 Å². The second-order valence-electron chi connectivity index (χ2n) is 3.91. The van der Waals surface area contributed by atoms with E-state index in [0.717, 1.165) is 0 Å². The largest absolute Gasteiger partial charge is 0.484 e. The molecule has 0 radical (unpaired) electrons. The molecule has 2 nitrogen and oxygen atoms in total. The van der Waals surface area contributed by atoms with Crippen LogP contribution in [0.5, 0.6) is 5.75 Å². The molecule has 0 aliphatic heterocycles. The zero-order chi connectivity index (χ0) is 14.7. The summed E-state index contributed by atoms with van der Waals surface area (Å²) in [6.45, 7) is -0.193. The normalized spacial score (nSPS) is 10.4. The molecule has 0 bridgehead atoms. The van der Waals surface area contributed by atoms with Crippen molar-refractivity contribution in [2.45, 2.75) is 0 Å². The van der Waals surface area contributed by atoms with Crippen LogP contribution in [0, 0.1) is 0 Å². The molecule has 20 heavy (non-hydrogen) atoms. The van der Waals surface area contributed by atoms with Gasteiger partial charge in [0.25, 0.3) is 0 Å². The Kier molecular flexibility index (Phi) is 5.17. The fourth-order valence-electron chi connectivity index (χ4n) is 1.52. The van der Waals surface area contributed by atoms with Gasteiger partial charge >= 0.3 is 0 Å². The Hall–Kier alpha value is -0.930.